The molecule has 0 aliphatic carbocycles. The van der Waals surface area contributed by atoms with Crippen molar-refractivity contribution in [3.63, 3.8) is 0 Å². The van der Waals surface area contributed by atoms with E-state index >= 15 is 0 Å². The number of furan rings is 1. The molecule has 2 aromatic heterocycles. The van der Waals surface area contributed by atoms with Crippen LogP contribution in [0.15, 0.2) is 63.4 Å². The summed E-state index contributed by atoms with van der Waals surface area (Å²) >= 11 is 1.12. The number of hydrogen-bond donors (Lipinski definition) is 1. The van der Waals surface area contributed by atoms with Crippen molar-refractivity contribution in [3.8, 4) is 5.75 Å². The normalized spacial score (nSPS) is 15.1. The molecule has 1 aliphatic heterocycles. The van der Waals surface area contributed by atoms with Crippen molar-refractivity contribution >= 4 is 33.0 Å². The molecule has 0 unspecified atom stereocenters. The fourth-order valence-corrected chi connectivity index (χ4v) is 6.18. The molecular weight excluding hydrogens is 438 g/mol. The highest BCUT2D eigenvalue weighted by molar-refractivity contribution is 7.89. The van der Waals surface area contributed by atoms with E-state index in [1.54, 1.807) is 24.6 Å². The van der Waals surface area contributed by atoms with Crippen molar-refractivity contribution in [1.82, 2.24) is 9.62 Å². The number of sulfonamides is 1. The topological polar surface area (TPSA) is 92.1 Å². The lowest BCUT2D eigenvalue weighted by molar-refractivity contribution is 0.0949. The zero-order chi connectivity index (χ0) is 21.8. The van der Waals surface area contributed by atoms with Crippen molar-refractivity contribution in [2.75, 3.05) is 38.2 Å². The molecule has 31 heavy (non-hydrogen) atoms. The molecule has 1 amide bonds. The number of carbonyl (C=O) groups is 1. The first-order chi connectivity index (χ1) is 15.0. The van der Waals surface area contributed by atoms with Gasteiger partial charge in [0.15, 0.2) is 0 Å². The van der Waals surface area contributed by atoms with Crippen molar-refractivity contribution in [1.29, 1.82) is 0 Å². The van der Waals surface area contributed by atoms with Crippen LogP contribution < -0.4 is 15.0 Å². The van der Waals surface area contributed by atoms with Crippen LogP contribution in [0.25, 0.3) is 0 Å². The van der Waals surface area contributed by atoms with Gasteiger partial charge in [0.25, 0.3) is 5.91 Å². The number of rotatable bonds is 7. The number of benzene rings is 1. The molecule has 1 saturated heterocycles. The van der Waals surface area contributed by atoms with E-state index in [0.29, 0.717) is 31.9 Å². The number of anilines is 1. The Balaban J connectivity index is 1.42. The fraction of sp³-hybridized carbons (Fsp3) is 0.286. The molecule has 1 aliphatic rings. The minimum absolute atomic E-state index is 0.0485. The Labute approximate surface area is 185 Å². The highest BCUT2D eigenvalue weighted by atomic mass is 32.2. The van der Waals surface area contributed by atoms with Crippen molar-refractivity contribution < 1.29 is 22.4 Å². The first-order valence-electron chi connectivity index (χ1n) is 9.76. The second-order valence-corrected chi connectivity index (χ2v) is 9.79. The monoisotopic (exact) mass is 461 g/mol. The zero-order valence-electron chi connectivity index (χ0n) is 17.0. The number of ether oxygens (including phenoxy) is 1. The van der Waals surface area contributed by atoms with E-state index in [1.165, 1.54) is 16.6 Å². The third-order valence-corrected chi connectivity index (χ3v) is 8.12. The van der Waals surface area contributed by atoms with E-state index in [2.05, 4.69) is 10.2 Å². The van der Waals surface area contributed by atoms with Crippen molar-refractivity contribution in [2.24, 2.45) is 0 Å². The quantitative estimate of drug-likeness (QED) is 0.582. The summed E-state index contributed by atoms with van der Waals surface area (Å²) < 4.78 is 38.3. The molecule has 0 spiro atoms. The molecule has 4 rings (SSSR count). The van der Waals surface area contributed by atoms with Gasteiger partial charge in [0.05, 0.1) is 19.9 Å². The third kappa shape index (κ3) is 4.60. The largest absolute Gasteiger partial charge is 0.497 e. The van der Waals surface area contributed by atoms with Crippen molar-refractivity contribution in [2.45, 2.75) is 11.4 Å². The summed E-state index contributed by atoms with van der Waals surface area (Å²) in [6.07, 6.45) is 1.52. The molecular formula is C21H23N3O5S2. The maximum atomic E-state index is 13.2. The van der Waals surface area contributed by atoms with Crippen LogP contribution in [-0.2, 0) is 16.6 Å². The molecule has 0 bridgehead atoms. The first-order valence-corrected chi connectivity index (χ1v) is 12.1. The Bertz CT molecular complexity index is 1120. The Morgan fingerprint density at radius 3 is 2.52 bits per heavy atom. The van der Waals surface area contributed by atoms with Gasteiger partial charge in [-0.2, -0.15) is 4.31 Å². The standard InChI is InChI=1S/C21H23N3O5S2/c1-28-17-6-4-16(5-7-17)23-9-11-24(12-10-23)31(26,27)19-8-14-30-20(19)21(25)22-15-18-3-2-13-29-18/h2-8,13-14H,9-12,15H2,1H3,(H,22,25). The average Bonchev–Trinajstić information content (AvgIpc) is 3.50. The molecule has 1 N–H and O–H groups in total. The number of nitrogens with zero attached hydrogens (tertiary/aromatic N) is 2. The summed E-state index contributed by atoms with van der Waals surface area (Å²) in [5.41, 5.74) is 1.02. The summed E-state index contributed by atoms with van der Waals surface area (Å²) in [4.78, 5) is 15.0. The summed E-state index contributed by atoms with van der Waals surface area (Å²) in [7, 11) is -2.15. The SMILES string of the molecule is COc1ccc(N2CCN(S(=O)(=O)c3ccsc3C(=O)NCc3ccco3)CC2)cc1. The number of piperazine rings is 1. The predicted octanol–water partition coefficient (Wildman–Crippen LogP) is 2.79. The average molecular weight is 462 g/mol. The van der Waals surface area contributed by atoms with Gasteiger partial charge in [-0.25, -0.2) is 8.42 Å². The number of hydrogen-bond acceptors (Lipinski definition) is 7. The minimum atomic E-state index is -3.77. The zero-order valence-corrected chi connectivity index (χ0v) is 18.6. The van der Waals surface area contributed by atoms with E-state index in [0.717, 1.165) is 22.8 Å². The predicted molar refractivity (Wildman–Crippen MR) is 118 cm³/mol. The molecule has 8 nitrogen and oxygen atoms in total. The van der Waals surface area contributed by atoms with Gasteiger partial charge in [-0.1, -0.05) is 0 Å². The Morgan fingerprint density at radius 1 is 1.13 bits per heavy atom. The van der Waals surface area contributed by atoms with E-state index in [-0.39, 0.29) is 16.3 Å². The van der Waals surface area contributed by atoms with Gasteiger partial charge in [0, 0.05) is 31.9 Å². The maximum absolute atomic E-state index is 13.2. The molecule has 164 valence electrons. The van der Waals surface area contributed by atoms with Crippen LogP contribution in [0, 0.1) is 0 Å². The van der Waals surface area contributed by atoms with Crippen LogP contribution in [0.1, 0.15) is 15.4 Å². The fourth-order valence-electron chi connectivity index (χ4n) is 3.45. The lowest BCUT2D eigenvalue weighted by Gasteiger charge is -2.35. The Hall–Kier alpha value is -2.82. The van der Waals surface area contributed by atoms with Crippen molar-refractivity contribution in [3.05, 3.63) is 64.7 Å². The maximum Gasteiger partial charge on any atom is 0.263 e. The minimum Gasteiger partial charge on any atom is -0.497 e. The van der Waals surface area contributed by atoms with Crippen LogP contribution in [0.5, 0.6) is 5.75 Å². The molecule has 0 saturated carbocycles. The van der Waals surface area contributed by atoms with Crippen LogP contribution >= 0.6 is 11.3 Å². The number of amides is 1. The Morgan fingerprint density at radius 2 is 1.87 bits per heavy atom. The van der Waals surface area contributed by atoms with Gasteiger partial charge < -0.3 is 19.4 Å². The van der Waals surface area contributed by atoms with E-state index in [4.69, 9.17) is 9.15 Å². The summed E-state index contributed by atoms with van der Waals surface area (Å²) in [6.45, 7) is 2.02. The molecule has 0 atom stereocenters. The summed E-state index contributed by atoms with van der Waals surface area (Å²) in [6, 6.07) is 12.7. The molecule has 1 fully saturated rings. The highest BCUT2D eigenvalue weighted by Crippen LogP contribution is 2.27. The summed E-state index contributed by atoms with van der Waals surface area (Å²) in [5, 5.41) is 4.34. The highest BCUT2D eigenvalue weighted by Gasteiger charge is 2.32. The van der Waals surface area contributed by atoms with E-state index < -0.39 is 15.9 Å². The van der Waals surface area contributed by atoms with Crippen LogP contribution in [0.3, 0.4) is 0 Å². The lowest BCUT2D eigenvalue weighted by atomic mass is 10.2. The van der Waals surface area contributed by atoms with Crippen LogP contribution in [0.4, 0.5) is 5.69 Å². The van der Waals surface area contributed by atoms with Gasteiger partial charge in [0.1, 0.15) is 21.3 Å². The van der Waals surface area contributed by atoms with Gasteiger partial charge in [-0.05, 0) is 47.8 Å². The van der Waals surface area contributed by atoms with Gasteiger partial charge in [-0.3, -0.25) is 4.79 Å². The van der Waals surface area contributed by atoms with E-state index in [9.17, 15) is 13.2 Å². The number of nitrogens with one attached hydrogen (secondary N) is 1. The van der Waals surface area contributed by atoms with Gasteiger partial charge >= 0.3 is 0 Å². The molecule has 10 heteroatoms. The molecule has 3 aromatic rings. The number of methoxy groups -OCH3 is 1. The van der Waals surface area contributed by atoms with Crippen LogP contribution in [-0.4, -0.2) is 51.9 Å². The Kier molecular flexibility index (Phi) is 6.30. The second-order valence-electron chi connectivity index (χ2n) is 6.97. The molecule has 1 aromatic carbocycles. The molecule has 3 heterocycles. The lowest BCUT2D eigenvalue weighted by Crippen LogP contribution is -2.48. The van der Waals surface area contributed by atoms with Crippen LogP contribution in [0.2, 0.25) is 0 Å². The first kappa shape index (κ1) is 21.4. The smallest absolute Gasteiger partial charge is 0.263 e. The molecule has 0 radical (unpaired) electrons. The van der Waals surface area contributed by atoms with Gasteiger partial charge in [0.2, 0.25) is 10.0 Å². The number of thiophene rings is 1. The number of carbonyl (C=O) groups excluding carboxylic acids is 1. The summed E-state index contributed by atoms with van der Waals surface area (Å²) in [5.74, 6) is 0.950. The second kappa shape index (κ2) is 9.13. The van der Waals surface area contributed by atoms with Gasteiger partial charge in [-0.15, -0.1) is 11.3 Å². The van der Waals surface area contributed by atoms with E-state index in [1.807, 2.05) is 24.3 Å². The third-order valence-electron chi connectivity index (χ3n) is 5.13.